The number of benzene rings is 1. The van der Waals surface area contributed by atoms with Crippen molar-refractivity contribution < 1.29 is 8.42 Å². The number of piperazine rings is 1. The Bertz CT molecular complexity index is 850. The Morgan fingerprint density at radius 2 is 2.04 bits per heavy atom. The molecule has 6 heteroatoms. The fraction of sp³-hybridized carbons (Fsp3) is 0.471. The van der Waals surface area contributed by atoms with Crippen molar-refractivity contribution in [1.29, 1.82) is 0 Å². The van der Waals surface area contributed by atoms with Crippen LogP contribution in [-0.2, 0) is 10.0 Å². The van der Waals surface area contributed by atoms with Gasteiger partial charge in [-0.15, -0.1) is 0 Å². The van der Waals surface area contributed by atoms with Gasteiger partial charge in [-0.05, 0) is 50.1 Å². The van der Waals surface area contributed by atoms with Gasteiger partial charge in [0.2, 0.25) is 10.0 Å². The Labute approximate surface area is 137 Å². The van der Waals surface area contributed by atoms with E-state index in [2.05, 4.69) is 9.88 Å². The van der Waals surface area contributed by atoms with E-state index < -0.39 is 10.0 Å². The molecule has 1 atom stereocenters. The Morgan fingerprint density at radius 3 is 2.91 bits per heavy atom. The maximum atomic E-state index is 13.2. The highest BCUT2D eigenvalue weighted by Crippen LogP contribution is 2.30. The van der Waals surface area contributed by atoms with Crippen LogP contribution in [0.1, 0.15) is 18.4 Å². The molecule has 23 heavy (non-hydrogen) atoms. The van der Waals surface area contributed by atoms with Gasteiger partial charge in [0.05, 0.1) is 10.4 Å². The molecule has 0 unspecified atom stereocenters. The first-order valence-corrected chi connectivity index (χ1v) is 9.60. The summed E-state index contributed by atoms with van der Waals surface area (Å²) in [7, 11) is -3.48. The molecule has 4 rings (SSSR count). The van der Waals surface area contributed by atoms with Crippen molar-refractivity contribution in [1.82, 2.24) is 14.2 Å². The lowest BCUT2D eigenvalue weighted by atomic mass is 10.1. The summed E-state index contributed by atoms with van der Waals surface area (Å²) >= 11 is 0. The Hall–Kier alpha value is -1.50. The number of sulfonamides is 1. The molecule has 0 aliphatic carbocycles. The molecule has 5 nitrogen and oxygen atoms in total. The fourth-order valence-corrected chi connectivity index (χ4v) is 5.48. The van der Waals surface area contributed by atoms with Gasteiger partial charge >= 0.3 is 0 Å². The third-order valence-corrected chi connectivity index (χ3v) is 7.02. The number of hydrogen-bond donors (Lipinski definition) is 0. The maximum absolute atomic E-state index is 13.2. The molecule has 3 heterocycles. The van der Waals surface area contributed by atoms with E-state index in [1.54, 1.807) is 22.6 Å². The van der Waals surface area contributed by atoms with E-state index >= 15 is 0 Å². The molecule has 0 N–H and O–H groups in total. The van der Waals surface area contributed by atoms with E-state index in [9.17, 15) is 8.42 Å². The van der Waals surface area contributed by atoms with E-state index in [0.29, 0.717) is 24.0 Å². The van der Waals surface area contributed by atoms with Crippen LogP contribution in [0.4, 0.5) is 0 Å². The van der Waals surface area contributed by atoms with Crippen LogP contribution < -0.4 is 0 Å². The number of aromatic nitrogens is 1. The molecule has 2 aromatic rings. The first kappa shape index (κ1) is 15.1. The molecule has 2 fully saturated rings. The predicted molar refractivity (Wildman–Crippen MR) is 89.8 cm³/mol. The Kier molecular flexibility index (Phi) is 3.63. The quantitative estimate of drug-likeness (QED) is 0.845. The van der Waals surface area contributed by atoms with E-state index in [1.807, 2.05) is 19.1 Å². The third kappa shape index (κ3) is 2.45. The zero-order chi connectivity index (χ0) is 16.0. The zero-order valence-corrected chi connectivity index (χ0v) is 14.1. The smallest absolute Gasteiger partial charge is 0.243 e. The van der Waals surface area contributed by atoms with Crippen LogP contribution in [0, 0.1) is 6.92 Å². The largest absolute Gasteiger partial charge is 0.298 e. The third-order valence-electron chi connectivity index (χ3n) is 5.10. The SMILES string of the molecule is Cc1ccc(S(=O)(=O)N2CCN3CCC[C@@H]3C2)c2cccnc12. The summed E-state index contributed by atoms with van der Waals surface area (Å²) in [5.74, 6) is 0. The minimum absolute atomic E-state index is 0.383. The van der Waals surface area contributed by atoms with Gasteiger partial charge < -0.3 is 0 Å². The van der Waals surface area contributed by atoms with E-state index in [0.717, 1.165) is 36.0 Å². The van der Waals surface area contributed by atoms with Gasteiger partial charge in [0.15, 0.2) is 0 Å². The molecule has 2 aliphatic heterocycles. The van der Waals surface area contributed by atoms with Crippen LogP contribution in [0.2, 0.25) is 0 Å². The van der Waals surface area contributed by atoms with Crippen molar-refractivity contribution in [2.45, 2.75) is 30.7 Å². The van der Waals surface area contributed by atoms with Gasteiger partial charge in [0, 0.05) is 37.3 Å². The monoisotopic (exact) mass is 331 g/mol. The maximum Gasteiger partial charge on any atom is 0.243 e. The van der Waals surface area contributed by atoms with Gasteiger partial charge in [0.1, 0.15) is 0 Å². The lowest BCUT2D eigenvalue weighted by molar-refractivity contribution is 0.158. The Balaban J connectivity index is 1.76. The second-order valence-corrected chi connectivity index (χ2v) is 8.38. The zero-order valence-electron chi connectivity index (χ0n) is 13.3. The number of pyridine rings is 1. The van der Waals surface area contributed by atoms with E-state index in [1.165, 1.54) is 6.42 Å². The lowest BCUT2D eigenvalue weighted by Crippen LogP contribution is -2.51. The van der Waals surface area contributed by atoms with Gasteiger partial charge in [-0.25, -0.2) is 8.42 Å². The van der Waals surface area contributed by atoms with Gasteiger partial charge in [0.25, 0.3) is 0 Å². The summed E-state index contributed by atoms with van der Waals surface area (Å²) in [5.41, 5.74) is 1.77. The van der Waals surface area contributed by atoms with Crippen LogP contribution in [0.3, 0.4) is 0 Å². The van der Waals surface area contributed by atoms with Gasteiger partial charge in [-0.2, -0.15) is 4.31 Å². The van der Waals surface area contributed by atoms with Crippen molar-refractivity contribution in [2.24, 2.45) is 0 Å². The van der Waals surface area contributed by atoms with Crippen LogP contribution in [-0.4, -0.2) is 54.8 Å². The topological polar surface area (TPSA) is 53.5 Å². The van der Waals surface area contributed by atoms with E-state index in [-0.39, 0.29) is 0 Å². The molecule has 0 spiro atoms. The number of nitrogens with zero attached hydrogens (tertiary/aromatic N) is 3. The Morgan fingerprint density at radius 1 is 1.17 bits per heavy atom. The highest BCUT2D eigenvalue weighted by Gasteiger charge is 2.36. The van der Waals surface area contributed by atoms with Crippen LogP contribution in [0.15, 0.2) is 35.4 Å². The second kappa shape index (κ2) is 5.54. The van der Waals surface area contributed by atoms with Crippen molar-refractivity contribution in [3.05, 3.63) is 36.0 Å². The molecule has 2 aliphatic rings. The van der Waals surface area contributed by atoms with Crippen LogP contribution in [0.25, 0.3) is 10.9 Å². The first-order valence-electron chi connectivity index (χ1n) is 8.16. The highest BCUT2D eigenvalue weighted by atomic mass is 32.2. The van der Waals surface area contributed by atoms with Gasteiger partial charge in [-0.1, -0.05) is 6.07 Å². The second-order valence-electron chi connectivity index (χ2n) is 6.48. The number of rotatable bonds is 2. The molecule has 0 radical (unpaired) electrons. The molecule has 0 amide bonds. The molecular weight excluding hydrogens is 310 g/mol. The van der Waals surface area contributed by atoms with Crippen molar-refractivity contribution in [3.63, 3.8) is 0 Å². The highest BCUT2D eigenvalue weighted by molar-refractivity contribution is 7.89. The molecule has 0 saturated carbocycles. The average molecular weight is 331 g/mol. The predicted octanol–water partition coefficient (Wildman–Crippen LogP) is 2.01. The summed E-state index contributed by atoms with van der Waals surface area (Å²) in [6.45, 7) is 5.09. The standard InChI is InChI=1S/C17H21N3O2S/c1-13-6-7-16(15-5-2-8-18-17(13)15)23(21,22)20-11-10-19-9-3-4-14(19)12-20/h2,5-8,14H,3-4,9-12H2,1H3/t14-/m1/s1. The molecule has 1 aromatic carbocycles. The van der Waals surface area contributed by atoms with Crippen molar-refractivity contribution in [3.8, 4) is 0 Å². The number of aryl methyl sites for hydroxylation is 1. The van der Waals surface area contributed by atoms with E-state index in [4.69, 9.17) is 0 Å². The van der Waals surface area contributed by atoms with Crippen LogP contribution in [0.5, 0.6) is 0 Å². The molecule has 0 bridgehead atoms. The normalized spacial score (nSPS) is 23.3. The number of hydrogen-bond acceptors (Lipinski definition) is 4. The molecular formula is C17H21N3O2S. The molecule has 1 aromatic heterocycles. The minimum atomic E-state index is -3.48. The van der Waals surface area contributed by atoms with Crippen molar-refractivity contribution >= 4 is 20.9 Å². The summed E-state index contributed by atoms with van der Waals surface area (Å²) < 4.78 is 28.0. The summed E-state index contributed by atoms with van der Waals surface area (Å²) in [4.78, 5) is 7.17. The molecule has 2 saturated heterocycles. The lowest BCUT2D eigenvalue weighted by Gasteiger charge is -2.36. The van der Waals surface area contributed by atoms with Gasteiger partial charge in [-0.3, -0.25) is 9.88 Å². The fourth-order valence-electron chi connectivity index (χ4n) is 3.83. The summed E-state index contributed by atoms with van der Waals surface area (Å²) in [5, 5.41) is 0.723. The first-order chi connectivity index (χ1) is 11.1. The average Bonchev–Trinajstić information content (AvgIpc) is 3.03. The number of fused-ring (bicyclic) bond motifs is 2. The van der Waals surface area contributed by atoms with Crippen molar-refractivity contribution in [2.75, 3.05) is 26.2 Å². The summed E-state index contributed by atoms with van der Waals surface area (Å²) in [6, 6.07) is 7.63. The minimum Gasteiger partial charge on any atom is -0.298 e. The van der Waals surface area contributed by atoms with Crippen LogP contribution >= 0.6 is 0 Å². The molecule has 122 valence electrons. The summed E-state index contributed by atoms with van der Waals surface area (Å²) in [6.07, 6.45) is 3.99.